The van der Waals surface area contributed by atoms with E-state index in [-0.39, 0.29) is 26.5 Å². The molecular weight excluding hydrogens is 360 g/mol. The summed E-state index contributed by atoms with van der Waals surface area (Å²) in [4.78, 5) is 22.5. The maximum absolute atomic E-state index is 12.1. The van der Waals surface area contributed by atoms with Crippen molar-refractivity contribution in [2.45, 2.75) is 32.0 Å². The molecular formula is C14H18BrClN2O3. The SMILES string of the molecule is CC(C)(C)CC(Br)CNC(=O)c1ccc(Cl)cc1[N+](=O)[O-]. The summed E-state index contributed by atoms with van der Waals surface area (Å²) in [6, 6.07) is 4.00. The summed E-state index contributed by atoms with van der Waals surface area (Å²) in [5, 5.41) is 13.9. The molecule has 1 unspecified atom stereocenters. The highest BCUT2D eigenvalue weighted by atomic mass is 79.9. The second-order valence-electron chi connectivity index (χ2n) is 5.99. The van der Waals surface area contributed by atoms with Gasteiger partial charge in [-0.25, -0.2) is 0 Å². The first-order chi connectivity index (χ1) is 9.60. The molecule has 116 valence electrons. The van der Waals surface area contributed by atoms with Gasteiger partial charge < -0.3 is 5.32 Å². The predicted molar refractivity (Wildman–Crippen MR) is 87.2 cm³/mol. The van der Waals surface area contributed by atoms with Gasteiger partial charge in [0.25, 0.3) is 11.6 Å². The molecule has 0 fully saturated rings. The standard InChI is InChI=1S/C14H18BrClN2O3/c1-14(2,3)7-9(15)8-17-13(19)11-5-4-10(16)6-12(11)18(20)21/h4-6,9H,7-8H2,1-3H3,(H,17,19). The van der Waals surface area contributed by atoms with Crippen molar-refractivity contribution >= 4 is 39.1 Å². The Bertz CT molecular complexity index is 544. The molecule has 0 aliphatic heterocycles. The highest BCUT2D eigenvalue weighted by molar-refractivity contribution is 9.09. The Labute approximate surface area is 137 Å². The van der Waals surface area contributed by atoms with Crippen LogP contribution >= 0.6 is 27.5 Å². The van der Waals surface area contributed by atoms with E-state index in [0.29, 0.717) is 6.54 Å². The van der Waals surface area contributed by atoms with Gasteiger partial charge in [-0.2, -0.15) is 0 Å². The fraction of sp³-hybridized carbons (Fsp3) is 0.500. The van der Waals surface area contributed by atoms with Gasteiger partial charge in [-0.05, 0) is 24.0 Å². The molecule has 0 radical (unpaired) electrons. The molecule has 0 aromatic heterocycles. The first-order valence-corrected chi connectivity index (χ1v) is 7.76. The van der Waals surface area contributed by atoms with Crippen molar-refractivity contribution in [3.63, 3.8) is 0 Å². The van der Waals surface area contributed by atoms with E-state index in [4.69, 9.17) is 11.6 Å². The minimum atomic E-state index is -0.610. The van der Waals surface area contributed by atoms with Crippen LogP contribution in [-0.4, -0.2) is 22.2 Å². The van der Waals surface area contributed by atoms with Crippen LogP contribution in [0, 0.1) is 15.5 Å². The van der Waals surface area contributed by atoms with Crippen molar-refractivity contribution < 1.29 is 9.72 Å². The van der Waals surface area contributed by atoms with Crippen LogP contribution in [0.15, 0.2) is 18.2 Å². The minimum Gasteiger partial charge on any atom is -0.351 e. The highest BCUT2D eigenvalue weighted by Gasteiger charge is 2.22. The first-order valence-electron chi connectivity index (χ1n) is 6.46. The molecule has 0 aliphatic rings. The summed E-state index contributed by atoms with van der Waals surface area (Å²) in [5.41, 5.74) is -0.146. The van der Waals surface area contributed by atoms with E-state index in [0.717, 1.165) is 6.42 Å². The molecule has 0 aliphatic carbocycles. The Morgan fingerprint density at radius 1 is 1.48 bits per heavy atom. The third kappa shape index (κ3) is 6.01. The number of halogens is 2. The van der Waals surface area contributed by atoms with Crippen molar-refractivity contribution in [1.82, 2.24) is 5.32 Å². The lowest BCUT2D eigenvalue weighted by Crippen LogP contribution is -2.31. The zero-order valence-electron chi connectivity index (χ0n) is 12.2. The zero-order valence-corrected chi connectivity index (χ0v) is 14.5. The number of hydrogen-bond acceptors (Lipinski definition) is 3. The van der Waals surface area contributed by atoms with Crippen LogP contribution < -0.4 is 5.32 Å². The van der Waals surface area contributed by atoms with Crippen molar-refractivity contribution in [3.05, 3.63) is 38.9 Å². The molecule has 0 bridgehead atoms. The highest BCUT2D eigenvalue weighted by Crippen LogP contribution is 2.25. The van der Waals surface area contributed by atoms with Gasteiger partial charge in [0, 0.05) is 22.5 Å². The van der Waals surface area contributed by atoms with Crippen LogP contribution in [0.3, 0.4) is 0 Å². The van der Waals surface area contributed by atoms with Crippen molar-refractivity contribution in [2.75, 3.05) is 6.54 Å². The van der Waals surface area contributed by atoms with Gasteiger partial charge in [0.1, 0.15) is 5.56 Å². The summed E-state index contributed by atoms with van der Waals surface area (Å²) in [7, 11) is 0. The third-order valence-corrected chi connectivity index (χ3v) is 3.60. The Kier molecular flexibility index (Phi) is 6.16. The molecule has 5 nitrogen and oxygen atoms in total. The number of nitro benzene ring substituents is 1. The summed E-state index contributed by atoms with van der Waals surface area (Å²) in [6.07, 6.45) is 0.871. The molecule has 1 aromatic carbocycles. The van der Waals surface area contributed by atoms with Gasteiger partial charge in [0.2, 0.25) is 0 Å². The average Bonchev–Trinajstić information content (AvgIpc) is 2.33. The molecule has 1 N–H and O–H groups in total. The number of nitro groups is 1. The normalized spacial score (nSPS) is 12.8. The molecule has 1 atom stereocenters. The lowest BCUT2D eigenvalue weighted by molar-refractivity contribution is -0.385. The molecule has 1 amide bonds. The Balaban J connectivity index is 2.75. The van der Waals surface area contributed by atoms with E-state index < -0.39 is 10.8 Å². The number of alkyl halides is 1. The lowest BCUT2D eigenvalue weighted by atomic mass is 9.90. The number of amides is 1. The van der Waals surface area contributed by atoms with Gasteiger partial charge in [0.05, 0.1) is 4.92 Å². The van der Waals surface area contributed by atoms with Gasteiger partial charge in [-0.3, -0.25) is 14.9 Å². The van der Waals surface area contributed by atoms with Crippen LogP contribution in [0.1, 0.15) is 37.6 Å². The lowest BCUT2D eigenvalue weighted by Gasteiger charge is -2.22. The molecule has 7 heteroatoms. The Morgan fingerprint density at radius 2 is 2.10 bits per heavy atom. The van der Waals surface area contributed by atoms with E-state index >= 15 is 0 Å². The van der Waals surface area contributed by atoms with Crippen LogP contribution in [0.4, 0.5) is 5.69 Å². The van der Waals surface area contributed by atoms with E-state index in [9.17, 15) is 14.9 Å². The smallest absolute Gasteiger partial charge is 0.283 e. The molecule has 1 aromatic rings. The van der Waals surface area contributed by atoms with Crippen molar-refractivity contribution in [3.8, 4) is 0 Å². The fourth-order valence-electron chi connectivity index (χ4n) is 1.88. The number of nitrogens with zero attached hydrogens (tertiary/aromatic N) is 1. The largest absolute Gasteiger partial charge is 0.351 e. The third-order valence-electron chi connectivity index (χ3n) is 2.72. The number of hydrogen-bond donors (Lipinski definition) is 1. The molecule has 0 spiro atoms. The Hall–Kier alpha value is -1.14. The molecule has 0 saturated carbocycles. The quantitative estimate of drug-likeness (QED) is 0.475. The minimum absolute atomic E-state index is 0.0138. The van der Waals surface area contributed by atoms with Crippen molar-refractivity contribution in [1.29, 1.82) is 0 Å². The molecule has 0 saturated heterocycles. The van der Waals surface area contributed by atoms with Crippen LogP contribution in [0.2, 0.25) is 5.02 Å². The fourth-order valence-corrected chi connectivity index (χ4v) is 3.18. The second-order valence-corrected chi connectivity index (χ2v) is 7.72. The summed E-state index contributed by atoms with van der Waals surface area (Å²) >= 11 is 9.23. The summed E-state index contributed by atoms with van der Waals surface area (Å²) < 4.78 is 0. The number of nitrogens with one attached hydrogen (secondary N) is 1. The van der Waals surface area contributed by atoms with Gasteiger partial charge in [-0.15, -0.1) is 0 Å². The van der Waals surface area contributed by atoms with E-state index in [1.165, 1.54) is 18.2 Å². The van der Waals surface area contributed by atoms with Crippen LogP contribution in [0.5, 0.6) is 0 Å². The number of carbonyl (C=O) groups excluding carboxylic acids is 1. The van der Waals surface area contributed by atoms with Crippen molar-refractivity contribution in [2.24, 2.45) is 5.41 Å². The number of rotatable bonds is 5. The summed E-state index contributed by atoms with van der Waals surface area (Å²) in [6.45, 7) is 6.71. The molecule has 1 rings (SSSR count). The van der Waals surface area contributed by atoms with Crippen LogP contribution in [0.25, 0.3) is 0 Å². The maximum Gasteiger partial charge on any atom is 0.283 e. The Morgan fingerprint density at radius 3 is 2.62 bits per heavy atom. The van der Waals surface area contributed by atoms with E-state index in [1.54, 1.807) is 0 Å². The average molecular weight is 378 g/mol. The monoisotopic (exact) mass is 376 g/mol. The predicted octanol–water partition coefficient (Wildman–Crippen LogP) is 4.18. The van der Waals surface area contributed by atoms with Gasteiger partial charge >= 0.3 is 0 Å². The van der Waals surface area contributed by atoms with Crippen LogP contribution in [-0.2, 0) is 0 Å². The second kappa shape index (κ2) is 7.22. The summed E-state index contributed by atoms with van der Waals surface area (Å²) in [5.74, 6) is -0.475. The first kappa shape index (κ1) is 17.9. The van der Waals surface area contributed by atoms with Gasteiger partial charge in [-0.1, -0.05) is 48.3 Å². The van der Waals surface area contributed by atoms with Gasteiger partial charge in [0.15, 0.2) is 0 Å². The number of carbonyl (C=O) groups is 1. The van der Waals surface area contributed by atoms with E-state index in [1.807, 2.05) is 0 Å². The number of benzene rings is 1. The maximum atomic E-state index is 12.1. The van der Waals surface area contributed by atoms with E-state index in [2.05, 4.69) is 42.0 Å². The topological polar surface area (TPSA) is 72.2 Å². The zero-order chi connectivity index (χ0) is 16.2. The molecule has 0 heterocycles. The molecule has 21 heavy (non-hydrogen) atoms.